The monoisotopic (exact) mass is 734 g/mol. The summed E-state index contributed by atoms with van der Waals surface area (Å²) in [6.07, 6.45) is 4.47. The minimum atomic E-state index is -0.550. The Morgan fingerprint density at radius 1 is 1.02 bits per heavy atom. The number of aromatic nitrogens is 4. The molecule has 1 atom stereocenters. The first-order chi connectivity index (χ1) is 25.2. The van der Waals surface area contributed by atoms with Gasteiger partial charge in [-0.1, -0.05) is 88.6 Å². The van der Waals surface area contributed by atoms with E-state index in [-0.39, 0.29) is 29.3 Å². The number of carbonyl (C=O) groups is 1. The lowest BCUT2D eigenvalue weighted by Crippen LogP contribution is -2.39. The summed E-state index contributed by atoms with van der Waals surface area (Å²) in [6, 6.07) is 27.5. The minimum absolute atomic E-state index is 0.0527. The smallest absolute Gasteiger partial charge is 0.410 e. The number of rotatable bonds is 9. The van der Waals surface area contributed by atoms with Crippen molar-refractivity contribution in [2.24, 2.45) is 0 Å². The number of carbonyl (C=O) groups excluding carboxylic acids is 1. The lowest BCUT2D eigenvalue weighted by molar-refractivity contribution is 0.0820. The molecule has 2 aromatic heterocycles. The van der Waals surface area contributed by atoms with E-state index < -0.39 is 11.9 Å². The summed E-state index contributed by atoms with van der Waals surface area (Å²) >= 11 is 12.9. The molecule has 1 unspecified atom stereocenters. The van der Waals surface area contributed by atoms with E-state index in [4.69, 9.17) is 27.9 Å². The summed E-state index contributed by atoms with van der Waals surface area (Å²) in [5, 5.41) is 26.8. The second kappa shape index (κ2) is 15.3. The lowest BCUT2D eigenvalue weighted by Gasteiger charge is -2.31. The summed E-state index contributed by atoms with van der Waals surface area (Å²) in [7, 11) is 0. The zero-order chi connectivity index (χ0) is 36.2. The average Bonchev–Trinajstić information content (AvgIpc) is 3.66. The van der Waals surface area contributed by atoms with E-state index in [2.05, 4.69) is 32.0 Å². The van der Waals surface area contributed by atoms with Gasteiger partial charge >= 0.3 is 6.09 Å². The van der Waals surface area contributed by atoms with Crippen LogP contribution >= 0.6 is 23.2 Å². The molecular weight excluding hydrogens is 702 g/mol. The van der Waals surface area contributed by atoms with Crippen molar-refractivity contribution in [1.82, 2.24) is 24.9 Å². The molecule has 1 aliphatic heterocycles. The molecule has 52 heavy (non-hydrogen) atoms. The van der Waals surface area contributed by atoms with E-state index in [0.717, 1.165) is 16.7 Å². The summed E-state index contributed by atoms with van der Waals surface area (Å²) in [5.41, 5.74) is 6.05. The number of nitriles is 1. The number of nitrogens with one attached hydrogen (secondary N) is 2. The Morgan fingerprint density at radius 3 is 2.50 bits per heavy atom. The molecule has 0 spiro atoms. The number of ether oxygens (including phenoxy) is 1. The molecule has 1 aliphatic rings. The maximum absolute atomic E-state index is 13.9. The Labute approximate surface area is 309 Å². The third-order valence-electron chi connectivity index (χ3n) is 9.08. The molecule has 0 aliphatic carbocycles. The van der Waals surface area contributed by atoms with Gasteiger partial charge in [-0.2, -0.15) is 5.26 Å². The van der Waals surface area contributed by atoms with Crippen molar-refractivity contribution in [2.75, 3.05) is 23.7 Å². The van der Waals surface area contributed by atoms with Crippen LogP contribution in [0.15, 0.2) is 97.3 Å². The van der Waals surface area contributed by atoms with Crippen LogP contribution in [-0.4, -0.2) is 44.1 Å². The SMILES string of the molecule is Cc1ccc(C(Nc2cc(Cl)c3ncc(C#N)c(Nc4ccc(F)c(Cl)c4)c3c2)c2cn(C3CCN(C(=O)OCc4ccccc4)CC3)nn2)cc1. The van der Waals surface area contributed by atoms with Gasteiger partial charge in [0.15, 0.2) is 0 Å². The maximum atomic E-state index is 13.9. The number of hydrogen-bond acceptors (Lipinski definition) is 8. The van der Waals surface area contributed by atoms with E-state index in [9.17, 15) is 14.4 Å². The number of anilines is 3. The number of hydrogen-bond donors (Lipinski definition) is 2. The quantitative estimate of drug-likeness (QED) is 0.151. The zero-order valence-corrected chi connectivity index (χ0v) is 29.6. The van der Waals surface area contributed by atoms with Crippen molar-refractivity contribution < 1.29 is 13.9 Å². The van der Waals surface area contributed by atoms with Gasteiger partial charge in [0.25, 0.3) is 0 Å². The third kappa shape index (κ3) is 7.64. The Balaban J connectivity index is 1.13. The van der Waals surface area contributed by atoms with Gasteiger partial charge in [-0.3, -0.25) is 4.98 Å². The Kier molecular flexibility index (Phi) is 10.2. The number of fused-ring (bicyclic) bond motifs is 1. The number of likely N-dealkylation sites (tertiary alicyclic amines) is 1. The first-order valence-electron chi connectivity index (χ1n) is 16.7. The minimum Gasteiger partial charge on any atom is -0.445 e. The van der Waals surface area contributed by atoms with Gasteiger partial charge in [0, 0.05) is 36.0 Å². The highest BCUT2D eigenvalue weighted by molar-refractivity contribution is 6.36. The van der Waals surface area contributed by atoms with Crippen molar-refractivity contribution in [3.8, 4) is 6.07 Å². The fourth-order valence-electron chi connectivity index (χ4n) is 6.26. The van der Waals surface area contributed by atoms with E-state index in [0.29, 0.717) is 64.6 Å². The molecule has 0 saturated carbocycles. The van der Waals surface area contributed by atoms with Gasteiger partial charge in [-0.05, 0) is 61.2 Å². The van der Waals surface area contributed by atoms with Crippen molar-refractivity contribution in [3.05, 3.63) is 141 Å². The molecule has 6 aromatic rings. The van der Waals surface area contributed by atoms with Gasteiger partial charge in [0.2, 0.25) is 0 Å². The Morgan fingerprint density at radius 2 is 1.77 bits per heavy atom. The molecule has 262 valence electrons. The number of pyridine rings is 1. The molecule has 1 fully saturated rings. The first kappa shape index (κ1) is 34.7. The topological polar surface area (TPSA) is 121 Å². The van der Waals surface area contributed by atoms with E-state index >= 15 is 0 Å². The molecule has 1 saturated heterocycles. The third-order valence-corrected chi connectivity index (χ3v) is 9.66. The lowest BCUT2D eigenvalue weighted by atomic mass is 10.0. The van der Waals surface area contributed by atoms with Crippen LogP contribution < -0.4 is 10.6 Å². The molecule has 10 nitrogen and oxygen atoms in total. The van der Waals surface area contributed by atoms with Crippen LogP contribution in [0.4, 0.5) is 26.2 Å². The van der Waals surface area contributed by atoms with E-state index in [1.165, 1.54) is 24.4 Å². The fraction of sp³-hybridized carbons (Fsp3) is 0.205. The number of nitrogens with zero attached hydrogens (tertiary/aromatic N) is 6. The summed E-state index contributed by atoms with van der Waals surface area (Å²) in [5.74, 6) is -0.550. The number of amides is 1. The Bertz CT molecular complexity index is 2270. The second-order valence-electron chi connectivity index (χ2n) is 12.6. The fourth-order valence-corrected chi connectivity index (χ4v) is 6.71. The summed E-state index contributed by atoms with van der Waals surface area (Å²) in [4.78, 5) is 18.9. The molecule has 0 bridgehead atoms. The molecule has 1 amide bonds. The highest BCUT2D eigenvalue weighted by Crippen LogP contribution is 2.37. The Hall–Kier alpha value is -5.70. The van der Waals surface area contributed by atoms with Crippen molar-refractivity contribution in [2.45, 2.75) is 38.5 Å². The molecule has 4 aromatic carbocycles. The van der Waals surface area contributed by atoms with Crippen LogP contribution in [0.3, 0.4) is 0 Å². The number of aryl methyl sites for hydroxylation is 1. The zero-order valence-electron chi connectivity index (χ0n) is 28.1. The van der Waals surface area contributed by atoms with Crippen LogP contribution in [0, 0.1) is 24.1 Å². The molecule has 0 radical (unpaired) electrons. The molecule has 13 heteroatoms. The highest BCUT2D eigenvalue weighted by atomic mass is 35.5. The molecule has 3 heterocycles. The number of benzene rings is 4. The first-order valence-corrected chi connectivity index (χ1v) is 17.5. The van der Waals surface area contributed by atoms with Crippen LogP contribution in [0.25, 0.3) is 10.9 Å². The van der Waals surface area contributed by atoms with E-state index in [1.54, 1.807) is 11.0 Å². The average molecular weight is 736 g/mol. The van der Waals surface area contributed by atoms with Gasteiger partial charge in [-0.25, -0.2) is 13.9 Å². The predicted octanol–water partition coefficient (Wildman–Crippen LogP) is 9.37. The number of piperidine rings is 1. The normalized spacial score (nSPS) is 13.8. The van der Waals surface area contributed by atoms with E-state index in [1.807, 2.05) is 78.5 Å². The van der Waals surface area contributed by atoms with Crippen LogP contribution in [-0.2, 0) is 11.3 Å². The van der Waals surface area contributed by atoms with Crippen LogP contribution in [0.1, 0.15) is 52.9 Å². The van der Waals surface area contributed by atoms with Gasteiger partial charge in [0.05, 0.1) is 45.1 Å². The van der Waals surface area contributed by atoms with Crippen molar-refractivity contribution in [1.29, 1.82) is 5.26 Å². The molecule has 7 rings (SSSR count). The maximum Gasteiger partial charge on any atom is 0.410 e. The van der Waals surface area contributed by atoms with Crippen LogP contribution in [0.2, 0.25) is 10.0 Å². The van der Waals surface area contributed by atoms with Gasteiger partial charge in [-0.15, -0.1) is 5.10 Å². The standard InChI is InChI=1S/C39H33Cl2FN8O2/c1-24-7-9-26(10-8-24)37(35-22-50(48-47-35)30-13-15-49(16-14-30)39(51)52-23-25-5-3-2-4-6-25)46-29-17-31-36(45-28-11-12-34(42)32(40)18-28)27(20-43)21-44-38(31)33(41)19-29/h2-12,17-19,21-22,30,37,46H,13-16,23H2,1H3,(H,44,45). The second-order valence-corrected chi connectivity index (χ2v) is 13.5. The predicted molar refractivity (Wildman–Crippen MR) is 199 cm³/mol. The van der Waals surface area contributed by atoms with Gasteiger partial charge < -0.3 is 20.3 Å². The van der Waals surface area contributed by atoms with Crippen LogP contribution in [0.5, 0.6) is 0 Å². The molecular formula is C39H33Cl2FN8O2. The summed E-state index contributed by atoms with van der Waals surface area (Å²) < 4.78 is 21.3. The van der Waals surface area contributed by atoms with Gasteiger partial charge in [0.1, 0.15) is 24.2 Å². The molecule has 2 N–H and O–H groups in total. The largest absolute Gasteiger partial charge is 0.445 e. The van der Waals surface area contributed by atoms with Crippen molar-refractivity contribution >= 4 is 57.3 Å². The summed E-state index contributed by atoms with van der Waals surface area (Å²) in [6.45, 7) is 3.35. The highest BCUT2D eigenvalue weighted by Gasteiger charge is 2.27. The van der Waals surface area contributed by atoms with Crippen molar-refractivity contribution in [3.63, 3.8) is 0 Å². The number of halogens is 3.